The third kappa shape index (κ3) is 5.48. The Bertz CT molecular complexity index is 661. The molecule has 9 heteroatoms. The van der Waals surface area contributed by atoms with Crippen LogP contribution in [0.3, 0.4) is 0 Å². The van der Waals surface area contributed by atoms with Crippen LogP contribution in [0.1, 0.15) is 0 Å². The van der Waals surface area contributed by atoms with E-state index in [1.807, 2.05) is 30.3 Å². The van der Waals surface area contributed by atoms with Gasteiger partial charge in [0.1, 0.15) is 0 Å². The van der Waals surface area contributed by atoms with Gasteiger partial charge in [-0.3, -0.25) is 0 Å². The number of rotatable bonds is 2. The van der Waals surface area contributed by atoms with E-state index in [9.17, 15) is 0 Å². The van der Waals surface area contributed by atoms with Crippen molar-refractivity contribution >= 4 is 20.7 Å². The number of nitrogens with zero attached hydrogens (tertiary/aromatic N) is 1. The molecule has 6 nitrogen and oxygen atoms in total. The molecule has 2 aromatic heterocycles. The maximum atomic E-state index is 8.49. The fourth-order valence-electron chi connectivity index (χ4n) is 1.40. The summed E-state index contributed by atoms with van der Waals surface area (Å²) in [7, 11) is -1.63. The van der Waals surface area contributed by atoms with Crippen molar-refractivity contribution in [2.75, 3.05) is 0 Å². The second-order valence-corrected chi connectivity index (χ2v) is 6.47. The topological polar surface area (TPSA) is 118 Å². The molecule has 21 heavy (non-hydrogen) atoms. The molecule has 0 aliphatic rings. The van der Waals surface area contributed by atoms with Crippen LogP contribution in [0.25, 0.3) is 21.3 Å². The second kappa shape index (κ2) is 7.05. The van der Waals surface area contributed by atoms with Crippen LogP contribution < -0.4 is 18.6 Å². The molecule has 0 atom stereocenters. The normalized spacial score (nSPS) is 10.9. The predicted octanol–water partition coefficient (Wildman–Crippen LogP) is -0.343. The van der Waals surface area contributed by atoms with Gasteiger partial charge in [-0.1, -0.05) is 18.2 Å². The van der Waals surface area contributed by atoms with Crippen molar-refractivity contribution in [3.8, 4) is 21.3 Å². The fraction of sp³-hybridized carbons (Fsp3) is 0. The van der Waals surface area contributed by atoms with Crippen LogP contribution in [0.4, 0.5) is 0 Å². The molecule has 3 aromatic rings. The van der Waals surface area contributed by atoms with Gasteiger partial charge in [0.25, 0.3) is 0 Å². The van der Waals surface area contributed by atoms with Gasteiger partial charge in [0.05, 0.1) is 11.8 Å². The number of halogens is 1. The lowest BCUT2D eigenvalue weighted by Gasteiger charge is -2.17. The van der Waals surface area contributed by atoms with Crippen molar-refractivity contribution in [2.45, 2.75) is 0 Å². The average molecular weight is 346 g/mol. The van der Waals surface area contributed by atoms with Crippen LogP contribution in [0.5, 0.6) is 0 Å². The Hall–Kier alpha value is -1.39. The van der Waals surface area contributed by atoms with Crippen LogP contribution in [0.2, 0.25) is 0 Å². The first kappa shape index (κ1) is 16.0. The van der Waals surface area contributed by atoms with E-state index in [1.165, 1.54) is 0 Å². The number of aromatic nitrogens is 1. The van der Waals surface area contributed by atoms with E-state index in [0.29, 0.717) is 0 Å². The number of furan rings is 1. The molecule has 0 aliphatic heterocycles. The van der Waals surface area contributed by atoms with E-state index in [4.69, 9.17) is 23.1 Å². The quantitative estimate of drug-likeness (QED) is 0.463. The summed E-state index contributed by atoms with van der Waals surface area (Å²) < 4.78 is 39.3. The SMILES string of the molecule is [O-][Cl+3]([O-])([O-])[O-].c1ccc(-c2nc(-c3ccco3)s[s+]2)cc1. The van der Waals surface area contributed by atoms with Crippen molar-refractivity contribution < 1.29 is 33.3 Å². The molecule has 2 heterocycles. The first-order valence-electron chi connectivity index (χ1n) is 5.45. The molecule has 0 amide bonds. The van der Waals surface area contributed by atoms with Gasteiger partial charge in [0.2, 0.25) is 5.01 Å². The molecule has 0 saturated heterocycles. The van der Waals surface area contributed by atoms with Gasteiger partial charge in [-0.05, 0) is 24.3 Å². The Balaban J connectivity index is 0.000000282. The summed E-state index contributed by atoms with van der Waals surface area (Å²) in [6.07, 6.45) is 1.67. The van der Waals surface area contributed by atoms with Crippen molar-refractivity contribution in [3.63, 3.8) is 0 Å². The molecule has 110 valence electrons. The highest BCUT2D eigenvalue weighted by Gasteiger charge is 2.20. The van der Waals surface area contributed by atoms with Crippen molar-refractivity contribution in [3.05, 3.63) is 48.7 Å². The van der Waals surface area contributed by atoms with E-state index >= 15 is 0 Å². The van der Waals surface area contributed by atoms with Crippen LogP contribution in [0, 0.1) is 10.2 Å². The van der Waals surface area contributed by atoms with Gasteiger partial charge in [0, 0.05) is 0 Å². The summed E-state index contributed by atoms with van der Waals surface area (Å²) in [4.78, 5) is 4.57. The van der Waals surface area contributed by atoms with Gasteiger partial charge in [-0.2, -0.15) is 4.98 Å². The summed E-state index contributed by atoms with van der Waals surface area (Å²) in [5, 5.41) is 1.98. The van der Waals surface area contributed by atoms with Crippen LogP contribution in [-0.2, 0) is 0 Å². The largest absolute Gasteiger partial charge is 0.462 e. The molecule has 0 radical (unpaired) electrons. The van der Waals surface area contributed by atoms with Crippen molar-refractivity contribution in [1.29, 1.82) is 0 Å². The van der Waals surface area contributed by atoms with E-state index in [-0.39, 0.29) is 0 Å². The lowest BCUT2D eigenvalue weighted by atomic mass is 10.2. The number of benzene rings is 1. The molecule has 1 aromatic carbocycles. The van der Waals surface area contributed by atoms with Crippen molar-refractivity contribution in [2.24, 2.45) is 0 Å². The lowest BCUT2D eigenvalue weighted by Crippen LogP contribution is -2.68. The molecule has 0 fully saturated rings. The van der Waals surface area contributed by atoms with Gasteiger partial charge in [-0.25, -0.2) is 18.6 Å². The zero-order valence-corrected chi connectivity index (χ0v) is 12.7. The minimum Gasteiger partial charge on any atom is -0.462 e. The zero-order valence-electron chi connectivity index (χ0n) is 10.3. The standard InChI is InChI=1S/C12H8NOS2.ClHO4/c1-2-5-9(6-3-1)11-13-12(16-15-11)10-7-4-8-14-10;2-1(3,4)5/h1-8H;(H,2,3,4,5)/q+1;/p-1. The maximum absolute atomic E-state index is 8.49. The average Bonchev–Trinajstić information content (AvgIpc) is 3.09. The Morgan fingerprint density at radius 1 is 1.00 bits per heavy atom. The van der Waals surface area contributed by atoms with Gasteiger partial charge in [-0.15, -0.1) is 10.2 Å². The highest BCUT2D eigenvalue weighted by molar-refractivity contribution is 7.71. The lowest BCUT2D eigenvalue weighted by molar-refractivity contribution is -2.00. The van der Waals surface area contributed by atoms with E-state index in [2.05, 4.69) is 17.1 Å². The first-order chi connectivity index (χ1) is 9.93. The summed E-state index contributed by atoms with van der Waals surface area (Å²) in [6.45, 7) is 0. The summed E-state index contributed by atoms with van der Waals surface area (Å²) in [5.41, 5.74) is 1.15. The Morgan fingerprint density at radius 3 is 2.24 bits per heavy atom. The smallest absolute Gasteiger partial charge is 0.348 e. The summed E-state index contributed by atoms with van der Waals surface area (Å²) >= 11 is 0. The highest BCUT2D eigenvalue weighted by atomic mass is 35.7. The third-order valence-corrected chi connectivity index (χ3v) is 4.37. The van der Waals surface area contributed by atoms with Gasteiger partial charge < -0.3 is 4.42 Å². The predicted molar refractivity (Wildman–Crippen MR) is 67.5 cm³/mol. The number of hydrogen-bond donors (Lipinski definition) is 0. The molecule has 0 bridgehead atoms. The molecule has 0 aliphatic carbocycles. The first-order valence-corrected chi connectivity index (χ1v) is 8.83. The Labute approximate surface area is 129 Å². The van der Waals surface area contributed by atoms with Crippen molar-refractivity contribution in [1.82, 2.24) is 4.98 Å². The Kier molecular flexibility index (Phi) is 5.37. The monoisotopic (exact) mass is 345 g/mol. The molecule has 0 spiro atoms. The zero-order chi connectivity index (χ0) is 15.3. The fourth-order valence-corrected chi connectivity index (χ4v) is 3.53. The molecule has 0 unspecified atom stereocenters. The van der Waals surface area contributed by atoms with Gasteiger partial charge >= 0.3 is 15.3 Å². The molecular formula is C12H8ClNO5S2. The van der Waals surface area contributed by atoms with Gasteiger partial charge in [0.15, 0.2) is 16.1 Å². The van der Waals surface area contributed by atoms with Crippen LogP contribution in [0.15, 0.2) is 53.1 Å². The van der Waals surface area contributed by atoms with Crippen LogP contribution >= 0.6 is 20.7 Å². The number of hydrogen-bond acceptors (Lipinski definition) is 7. The second-order valence-electron chi connectivity index (χ2n) is 3.61. The highest BCUT2D eigenvalue weighted by Crippen LogP contribution is 2.33. The minimum atomic E-state index is -4.94. The molecule has 0 N–H and O–H groups in total. The molecular weight excluding hydrogens is 338 g/mol. The summed E-state index contributed by atoms with van der Waals surface area (Å²) in [6, 6.07) is 14.0. The molecule has 3 rings (SSSR count). The van der Waals surface area contributed by atoms with E-state index in [0.717, 1.165) is 21.3 Å². The third-order valence-electron chi connectivity index (χ3n) is 2.16. The van der Waals surface area contributed by atoms with Crippen LogP contribution in [-0.4, -0.2) is 4.98 Å². The Morgan fingerprint density at radius 2 is 1.67 bits per heavy atom. The minimum absolute atomic E-state index is 0.837. The summed E-state index contributed by atoms with van der Waals surface area (Å²) in [5.74, 6) is 0.837. The van der Waals surface area contributed by atoms with E-state index < -0.39 is 10.2 Å². The molecule has 0 saturated carbocycles. The maximum Gasteiger partial charge on any atom is 0.348 e. The van der Waals surface area contributed by atoms with E-state index in [1.54, 1.807) is 26.9 Å².